The molecule has 1 aliphatic rings. The van der Waals surface area contributed by atoms with E-state index in [9.17, 15) is 13.2 Å². The molecule has 0 aliphatic carbocycles. The molecule has 0 saturated carbocycles. The fraction of sp³-hybridized carbons (Fsp3) is 0.615. The number of nitrogen functional groups attached to an aromatic ring is 1. The second-order valence-electron chi connectivity index (χ2n) is 6.64. The number of rotatable bonds is 1. The number of hydrogen-bond donors (Lipinski definition) is 2. The van der Waals surface area contributed by atoms with Gasteiger partial charge in [-0.3, -0.25) is 5.32 Å². The molecule has 0 unspecified atom stereocenters. The maximum atomic E-state index is 12.5. The molecular weight excluding hydrogens is 354 g/mol. The van der Waals surface area contributed by atoms with Crippen molar-refractivity contribution in [1.29, 1.82) is 0 Å². The normalized spacial score (nSPS) is 23.5. The Kier molecular flexibility index (Phi) is 4.53. The van der Waals surface area contributed by atoms with Gasteiger partial charge < -0.3 is 10.5 Å². The third kappa shape index (κ3) is 3.96. The third-order valence-electron chi connectivity index (χ3n) is 3.13. The largest absolute Gasteiger partial charge is 0.444 e. The number of nitrogens with two attached hydrogens (primary N) is 1. The van der Waals surface area contributed by atoms with E-state index in [0.29, 0.717) is 10.8 Å². The van der Waals surface area contributed by atoms with Gasteiger partial charge in [0.2, 0.25) is 16.0 Å². The number of nitrogens with zero attached hydrogens (tertiary/aromatic N) is 3. The number of sulfonamides is 1. The zero-order valence-corrected chi connectivity index (χ0v) is 15.8. The summed E-state index contributed by atoms with van der Waals surface area (Å²) < 4.78 is 31.0. The molecule has 1 aromatic rings. The first-order chi connectivity index (χ1) is 10.8. The van der Waals surface area contributed by atoms with Crippen LogP contribution in [0.15, 0.2) is 10.4 Å². The molecule has 2 heterocycles. The Bertz CT molecular complexity index is 781. The SMILES string of the molecule is CN1C(NC(=O)OC(C)(C)C)=N[C@](C)(c2nc(N)cs2)CS1(=O)=O. The number of alkyl carbamates (subject to hydrolysis) is 1. The standard InChI is InChI=1S/C13H21N5O4S2/c1-12(2,3)22-11(19)16-10-17-13(4,7-24(20,21)18(10)5)9-15-8(14)6-23-9/h6H,7,14H2,1-5H3,(H,16,17,19)/t13-/m0/s1. The van der Waals surface area contributed by atoms with E-state index in [1.165, 1.54) is 18.4 Å². The van der Waals surface area contributed by atoms with E-state index in [4.69, 9.17) is 10.5 Å². The minimum absolute atomic E-state index is 0.119. The summed E-state index contributed by atoms with van der Waals surface area (Å²) in [5, 5.41) is 4.47. The van der Waals surface area contributed by atoms with Crippen LogP contribution in [0.1, 0.15) is 32.7 Å². The Morgan fingerprint density at radius 1 is 1.50 bits per heavy atom. The van der Waals surface area contributed by atoms with Crippen LogP contribution in [-0.2, 0) is 20.3 Å². The van der Waals surface area contributed by atoms with E-state index < -0.39 is 27.3 Å². The number of carbonyl (C=O) groups is 1. The van der Waals surface area contributed by atoms with Crippen LogP contribution in [0.4, 0.5) is 10.6 Å². The predicted molar refractivity (Wildman–Crippen MR) is 92.2 cm³/mol. The molecule has 3 N–H and O–H groups in total. The Hall–Kier alpha value is -1.88. The van der Waals surface area contributed by atoms with Crippen LogP contribution < -0.4 is 11.1 Å². The summed E-state index contributed by atoms with van der Waals surface area (Å²) in [4.78, 5) is 20.5. The highest BCUT2D eigenvalue weighted by Crippen LogP contribution is 2.34. The zero-order valence-electron chi connectivity index (χ0n) is 14.2. The van der Waals surface area contributed by atoms with E-state index in [1.807, 2.05) is 0 Å². The van der Waals surface area contributed by atoms with E-state index in [0.717, 1.165) is 4.31 Å². The van der Waals surface area contributed by atoms with Crippen LogP contribution >= 0.6 is 11.3 Å². The van der Waals surface area contributed by atoms with Crippen molar-refractivity contribution in [2.75, 3.05) is 18.5 Å². The molecule has 0 radical (unpaired) electrons. The van der Waals surface area contributed by atoms with Gasteiger partial charge in [-0.2, -0.15) is 0 Å². The molecule has 1 aromatic heterocycles. The second-order valence-corrected chi connectivity index (χ2v) is 9.50. The first kappa shape index (κ1) is 18.5. The Balaban J connectivity index is 2.38. The van der Waals surface area contributed by atoms with Gasteiger partial charge in [0.1, 0.15) is 27.7 Å². The van der Waals surface area contributed by atoms with Crippen LogP contribution in [0.3, 0.4) is 0 Å². The number of guanidine groups is 1. The smallest absolute Gasteiger partial charge is 0.414 e. The Labute approximate surface area is 145 Å². The molecule has 0 bridgehead atoms. The van der Waals surface area contributed by atoms with Gasteiger partial charge in [-0.15, -0.1) is 11.3 Å². The van der Waals surface area contributed by atoms with E-state index in [2.05, 4.69) is 15.3 Å². The fourth-order valence-electron chi connectivity index (χ4n) is 2.06. The van der Waals surface area contributed by atoms with Crippen molar-refractivity contribution in [2.45, 2.75) is 38.8 Å². The van der Waals surface area contributed by atoms with Gasteiger partial charge in [-0.25, -0.2) is 27.5 Å². The quantitative estimate of drug-likeness (QED) is 0.756. The summed E-state index contributed by atoms with van der Waals surface area (Å²) in [6.45, 7) is 6.75. The van der Waals surface area contributed by atoms with Crippen molar-refractivity contribution in [3.8, 4) is 0 Å². The van der Waals surface area contributed by atoms with Gasteiger partial charge in [0, 0.05) is 12.4 Å². The monoisotopic (exact) mass is 375 g/mol. The van der Waals surface area contributed by atoms with Gasteiger partial charge in [-0.05, 0) is 27.7 Å². The van der Waals surface area contributed by atoms with Crippen molar-refractivity contribution in [1.82, 2.24) is 14.6 Å². The summed E-state index contributed by atoms with van der Waals surface area (Å²) in [5.74, 6) is -0.0978. The number of thiazole rings is 1. The van der Waals surface area contributed by atoms with E-state index in [-0.39, 0.29) is 11.7 Å². The van der Waals surface area contributed by atoms with Crippen LogP contribution in [0.5, 0.6) is 0 Å². The van der Waals surface area contributed by atoms with E-state index in [1.54, 1.807) is 33.1 Å². The Morgan fingerprint density at radius 3 is 2.62 bits per heavy atom. The number of nitrogens with one attached hydrogen (secondary N) is 1. The first-order valence-electron chi connectivity index (χ1n) is 7.10. The molecule has 1 atom stereocenters. The lowest BCUT2D eigenvalue weighted by Gasteiger charge is -2.34. The molecule has 0 aromatic carbocycles. The summed E-state index contributed by atoms with van der Waals surface area (Å²) >= 11 is 1.22. The van der Waals surface area contributed by atoms with Gasteiger partial charge in [0.25, 0.3) is 0 Å². The van der Waals surface area contributed by atoms with Crippen molar-refractivity contribution in [3.05, 3.63) is 10.4 Å². The molecule has 24 heavy (non-hydrogen) atoms. The number of ether oxygens (including phenoxy) is 1. The van der Waals surface area contributed by atoms with Crippen molar-refractivity contribution in [2.24, 2.45) is 4.99 Å². The van der Waals surface area contributed by atoms with Crippen LogP contribution in [-0.4, -0.2) is 48.2 Å². The number of aromatic nitrogens is 1. The highest BCUT2D eigenvalue weighted by atomic mass is 32.2. The van der Waals surface area contributed by atoms with E-state index >= 15 is 0 Å². The van der Waals surface area contributed by atoms with Crippen molar-refractivity contribution < 1.29 is 17.9 Å². The minimum Gasteiger partial charge on any atom is -0.444 e. The molecule has 2 rings (SSSR count). The number of hydrogen-bond acceptors (Lipinski definition) is 8. The highest BCUT2D eigenvalue weighted by molar-refractivity contribution is 7.89. The van der Waals surface area contributed by atoms with Crippen LogP contribution in [0.2, 0.25) is 0 Å². The van der Waals surface area contributed by atoms with Crippen molar-refractivity contribution in [3.63, 3.8) is 0 Å². The fourth-order valence-corrected chi connectivity index (χ4v) is 4.43. The molecule has 1 amide bonds. The van der Waals surface area contributed by atoms with Gasteiger partial charge in [0.15, 0.2) is 0 Å². The third-order valence-corrected chi connectivity index (χ3v) is 6.18. The van der Waals surface area contributed by atoms with Gasteiger partial charge in [0.05, 0.1) is 0 Å². The average molecular weight is 375 g/mol. The number of aliphatic imine (C=N–C) groups is 1. The lowest BCUT2D eigenvalue weighted by atomic mass is 10.1. The van der Waals surface area contributed by atoms with Crippen LogP contribution in [0, 0.1) is 0 Å². The maximum Gasteiger partial charge on any atom is 0.414 e. The molecule has 11 heteroatoms. The molecule has 0 spiro atoms. The topological polar surface area (TPSA) is 127 Å². The van der Waals surface area contributed by atoms with Crippen LogP contribution in [0.25, 0.3) is 0 Å². The summed E-state index contributed by atoms with van der Waals surface area (Å²) in [6, 6.07) is 0. The summed E-state index contributed by atoms with van der Waals surface area (Å²) in [5.41, 5.74) is 3.77. The molecule has 134 valence electrons. The van der Waals surface area contributed by atoms with Crippen molar-refractivity contribution >= 4 is 39.2 Å². The summed E-state index contributed by atoms with van der Waals surface area (Å²) in [7, 11) is -2.37. The molecule has 0 fully saturated rings. The maximum absolute atomic E-state index is 12.5. The molecular formula is C13H21N5O4S2. The first-order valence-corrected chi connectivity index (χ1v) is 9.59. The number of anilines is 1. The van der Waals surface area contributed by atoms with Gasteiger partial charge in [-0.1, -0.05) is 0 Å². The number of amides is 1. The predicted octanol–water partition coefficient (Wildman–Crippen LogP) is 1.10. The van der Waals surface area contributed by atoms with Gasteiger partial charge >= 0.3 is 6.09 Å². The highest BCUT2D eigenvalue weighted by Gasteiger charge is 2.43. The zero-order chi connectivity index (χ0) is 18.3. The lowest BCUT2D eigenvalue weighted by Crippen LogP contribution is -2.54. The lowest BCUT2D eigenvalue weighted by molar-refractivity contribution is 0.0559. The molecule has 1 aliphatic heterocycles. The average Bonchev–Trinajstić information content (AvgIpc) is 2.80. The number of carbonyl (C=O) groups excluding carboxylic acids is 1. The summed E-state index contributed by atoms with van der Waals surface area (Å²) in [6.07, 6.45) is -0.786. The minimum atomic E-state index is -3.69. The Morgan fingerprint density at radius 2 is 2.12 bits per heavy atom. The molecule has 9 nitrogen and oxygen atoms in total. The second kappa shape index (κ2) is 5.88. The molecule has 0 saturated heterocycles.